The number of nitrogens with zero attached hydrogens (tertiary/aromatic N) is 1. The monoisotopic (exact) mass is 230 g/mol. The van der Waals surface area contributed by atoms with Crippen LogP contribution in [-0.2, 0) is 0 Å². The molecule has 0 aliphatic carbocycles. The van der Waals surface area contributed by atoms with Crippen LogP contribution < -0.4 is 0 Å². The number of aromatic nitrogens is 2. The minimum absolute atomic E-state index is 0.0564. The molecule has 0 spiro atoms. The summed E-state index contributed by atoms with van der Waals surface area (Å²) in [7, 11) is 0. The number of carboxylic acids is 1. The number of hydrogen-bond acceptors (Lipinski definition) is 2. The number of benzene rings is 1. The van der Waals surface area contributed by atoms with E-state index in [2.05, 4.69) is 9.97 Å². The first-order valence-corrected chi connectivity index (χ1v) is 4.96. The normalized spacial score (nSPS) is 11.1. The van der Waals surface area contributed by atoms with Gasteiger partial charge in [0.2, 0.25) is 0 Å². The Morgan fingerprint density at radius 1 is 1.29 bits per heavy atom. The molecule has 4 nitrogen and oxygen atoms in total. The Morgan fingerprint density at radius 3 is 2.88 bits per heavy atom. The highest BCUT2D eigenvalue weighted by atomic mass is 19.1. The first kappa shape index (κ1) is 9.77. The molecule has 0 aliphatic heterocycles. The molecule has 2 heterocycles. The zero-order valence-electron chi connectivity index (χ0n) is 8.57. The zero-order chi connectivity index (χ0) is 12.0. The topological polar surface area (TPSA) is 66.0 Å². The molecule has 0 saturated carbocycles. The summed E-state index contributed by atoms with van der Waals surface area (Å²) < 4.78 is 13.2. The highest BCUT2D eigenvalue weighted by molar-refractivity contribution is 6.12. The summed E-state index contributed by atoms with van der Waals surface area (Å²) in [5.74, 6) is -1.46. The van der Waals surface area contributed by atoms with Crippen LogP contribution in [0.4, 0.5) is 4.39 Å². The van der Waals surface area contributed by atoms with Gasteiger partial charge in [-0.3, -0.25) is 0 Å². The highest BCUT2D eigenvalue weighted by Gasteiger charge is 2.14. The van der Waals surface area contributed by atoms with Crippen LogP contribution in [0.3, 0.4) is 0 Å². The summed E-state index contributed by atoms with van der Waals surface area (Å²) in [5.41, 5.74) is 1.05. The third kappa shape index (κ3) is 1.36. The number of hydrogen-bond donors (Lipinski definition) is 2. The van der Waals surface area contributed by atoms with E-state index < -0.39 is 5.97 Å². The van der Waals surface area contributed by atoms with Crippen molar-refractivity contribution >= 4 is 27.8 Å². The number of nitrogens with one attached hydrogen (secondary N) is 1. The van der Waals surface area contributed by atoms with Crippen molar-refractivity contribution in [1.29, 1.82) is 0 Å². The van der Waals surface area contributed by atoms with E-state index in [4.69, 9.17) is 5.11 Å². The average molecular weight is 230 g/mol. The van der Waals surface area contributed by atoms with Crippen LogP contribution in [0.15, 0.2) is 30.5 Å². The maximum absolute atomic E-state index is 13.2. The minimum atomic E-state index is -1.11. The zero-order valence-corrected chi connectivity index (χ0v) is 8.57. The molecular weight excluding hydrogens is 223 g/mol. The molecule has 2 N–H and O–H groups in total. The van der Waals surface area contributed by atoms with E-state index in [9.17, 15) is 9.18 Å². The van der Waals surface area contributed by atoms with Crippen molar-refractivity contribution in [2.75, 3.05) is 0 Å². The van der Waals surface area contributed by atoms with E-state index in [0.717, 1.165) is 0 Å². The van der Waals surface area contributed by atoms with Crippen molar-refractivity contribution < 1.29 is 14.3 Å². The lowest BCUT2D eigenvalue weighted by atomic mass is 10.1. The lowest BCUT2D eigenvalue weighted by Crippen LogP contribution is -2.00. The van der Waals surface area contributed by atoms with Crippen molar-refractivity contribution in [2.45, 2.75) is 0 Å². The third-order valence-corrected chi connectivity index (χ3v) is 2.69. The van der Waals surface area contributed by atoms with Crippen molar-refractivity contribution in [3.05, 3.63) is 42.0 Å². The van der Waals surface area contributed by atoms with Gasteiger partial charge in [-0.05, 0) is 24.3 Å². The number of carbonyl (C=O) groups is 1. The predicted molar refractivity (Wildman–Crippen MR) is 60.5 cm³/mol. The van der Waals surface area contributed by atoms with E-state index in [1.807, 2.05) is 0 Å². The number of rotatable bonds is 1. The van der Waals surface area contributed by atoms with Gasteiger partial charge in [-0.2, -0.15) is 0 Å². The van der Waals surface area contributed by atoms with E-state index in [-0.39, 0.29) is 11.5 Å². The Bertz CT molecular complexity index is 749. The summed E-state index contributed by atoms with van der Waals surface area (Å²) >= 11 is 0. The van der Waals surface area contributed by atoms with Crippen LogP contribution in [0, 0.1) is 5.82 Å². The Kier molecular flexibility index (Phi) is 1.89. The van der Waals surface area contributed by atoms with E-state index in [1.165, 1.54) is 18.3 Å². The first-order valence-electron chi connectivity index (χ1n) is 4.96. The van der Waals surface area contributed by atoms with Crippen LogP contribution in [0.1, 0.15) is 10.5 Å². The summed E-state index contributed by atoms with van der Waals surface area (Å²) in [6.45, 7) is 0. The van der Waals surface area contributed by atoms with Gasteiger partial charge < -0.3 is 10.1 Å². The van der Waals surface area contributed by atoms with Crippen molar-refractivity contribution in [3.63, 3.8) is 0 Å². The van der Waals surface area contributed by atoms with E-state index >= 15 is 0 Å². The molecule has 0 fully saturated rings. The molecule has 17 heavy (non-hydrogen) atoms. The molecule has 0 amide bonds. The second kappa shape index (κ2) is 3.28. The second-order valence-electron chi connectivity index (χ2n) is 3.70. The Morgan fingerprint density at radius 2 is 2.12 bits per heavy atom. The molecule has 0 saturated heterocycles. The maximum Gasteiger partial charge on any atom is 0.356 e. The van der Waals surface area contributed by atoms with Gasteiger partial charge in [0, 0.05) is 22.5 Å². The molecule has 1 aromatic carbocycles. The molecule has 5 heteroatoms. The number of carboxylic acid groups (broad SMARTS) is 1. The number of halogens is 1. The summed E-state index contributed by atoms with van der Waals surface area (Å²) in [4.78, 5) is 17.7. The van der Waals surface area contributed by atoms with Gasteiger partial charge in [-0.15, -0.1) is 0 Å². The fraction of sp³-hybridized carbons (Fsp3) is 0. The third-order valence-electron chi connectivity index (χ3n) is 2.69. The molecule has 0 unspecified atom stereocenters. The van der Waals surface area contributed by atoms with Gasteiger partial charge in [-0.25, -0.2) is 14.2 Å². The van der Waals surface area contributed by atoms with Gasteiger partial charge in [0.1, 0.15) is 5.82 Å². The van der Waals surface area contributed by atoms with Crippen LogP contribution >= 0.6 is 0 Å². The van der Waals surface area contributed by atoms with Gasteiger partial charge >= 0.3 is 5.97 Å². The van der Waals surface area contributed by atoms with Gasteiger partial charge in [0.05, 0.1) is 5.52 Å². The number of H-pyrrole nitrogens is 1. The fourth-order valence-electron chi connectivity index (χ4n) is 1.96. The Balaban J connectivity index is 2.51. The van der Waals surface area contributed by atoms with Gasteiger partial charge in [0.15, 0.2) is 5.69 Å². The largest absolute Gasteiger partial charge is 0.476 e. The fourth-order valence-corrected chi connectivity index (χ4v) is 1.96. The SMILES string of the molecule is O=C(O)c1nccc2c1[nH]c1ccc(F)cc12. The number of pyridine rings is 1. The van der Waals surface area contributed by atoms with Crippen LogP contribution in [0.2, 0.25) is 0 Å². The summed E-state index contributed by atoms with van der Waals surface area (Å²) in [6, 6.07) is 5.95. The standard InChI is InChI=1S/C12H7FN2O2/c13-6-1-2-9-8(5-6)7-3-4-14-11(12(16)17)10(7)15-9/h1-5,15H,(H,16,17). The first-order chi connectivity index (χ1) is 8.16. The Labute approximate surface area is 94.7 Å². The quantitative estimate of drug-likeness (QED) is 0.675. The lowest BCUT2D eigenvalue weighted by molar-refractivity contribution is 0.0692. The summed E-state index contributed by atoms with van der Waals surface area (Å²) in [5, 5.41) is 10.3. The minimum Gasteiger partial charge on any atom is -0.476 e. The van der Waals surface area contributed by atoms with Crippen LogP contribution in [0.5, 0.6) is 0 Å². The van der Waals surface area contributed by atoms with Crippen molar-refractivity contribution in [1.82, 2.24) is 9.97 Å². The molecule has 2 aromatic heterocycles. The molecular formula is C12H7FN2O2. The van der Waals surface area contributed by atoms with E-state index in [0.29, 0.717) is 21.8 Å². The molecule has 0 radical (unpaired) electrons. The number of fused-ring (bicyclic) bond motifs is 3. The van der Waals surface area contributed by atoms with Crippen molar-refractivity contribution in [3.8, 4) is 0 Å². The van der Waals surface area contributed by atoms with Gasteiger partial charge in [0.25, 0.3) is 0 Å². The van der Waals surface area contributed by atoms with Crippen LogP contribution in [0.25, 0.3) is 21.8 Å². The maximum atomic E-state index is 13.2. The molecule has 0 atom stereocenters. The van der Waals surface area contributed by atoms with Crippen molar-refractivity contribution in [2.24, 2.45) is 0 Å². The van der Waals surface area contributed by atoms with Gasteiger partial charge in [-0.1, -0.05) is 0 Å². The summed E-state index contributed by atoms with van der Waals surface area (Å²) in [6.07, 6.45) is 1.41. The molecule has 3 rings (SSSR count). The number of aromatic carboxylic acids is 1. The lowest BCUT2D eigenvalue weighted by Gasteiger charge is -1.95. The van der Waals surface area contributed by atoms with Crippen LogP contribution in [-0.4, -0.2) is 21.0 Å². The second-order valence-corrected chi connectivity index (χ2v) is 3.70. The molecule has 3 aromatic rings. The molecule has 0 aliphatic rings. The predicted octanol–water partition coefficient (Wildman–Crippen LogP) is 2.55. The number of aromatic amines is 1. The van der Waals surface area contributed by atoms with E-state index in [1.54, 1.807) is 12.1 Å². The average Bonchev–Trinajstić information content (AvgIpc) is 2.66. The Hall–Kier alpha value is -2.43. The molecule has 84 valence electrons. The highest BCUT2D eigenvalue weighted by Crippen LogP contribution is 2.27. The molecule has 0 bridgehead atoms. The smallest absolute Gasteiger partial charge is 0.356 e.